The van der Waals surface area contributed by atoms with Gasteiger partial charge in [0.1, 0.15) is 0 Å². The number of fused-ring (bicyclic) bond motifs is 1. The van der Waals surface area contributed by atoms with E-state index in [1.807, 2.05) is 31.2 Å². The summed E-state index contributed by atoms with van der Waals surface area (Å²) in [6, 6.07) is 12.2. The number of amides is 1. The lowest BCUT2D eigenvalue weighted by atomic mass is 10.1. The minimum Gasteiger partial charge on any atom is -0.452 e. The summed E-state index contributed by atoms with van der Waals surface area (Å²) in [5, 5.41) is 0. The van der Waals surface area contributed by atoms with Crippen molar-refractivity contribution in [2.75, 3.05) is 24.6 Å². The second-order valence-electron chi connectivity index (χ2n) is 8.47. The number of rotatable bonds is 5. The number of sulfonamides is 1. The smallest absolute Gasteiger partial charge is 0.338 e. The van der Waals surface area contributed by atoms with Crippen molar-refractivity contribution < 1.29 is 22.7 Å². The van der Waals surface area contributed by atoms with E-state index in [-0.39, 0.29) is 22.4 Å². The molecule has 2 aromatic carbocycles. The number of ether oxygens (including phenoxy) is 1. The first kappa shape index (κ1) is 22.5. The van der Waals surface area contributed by atoms with Gasteiger partial charge in [0.25, 0.3) is 5.91 Å². The minimum absolute atomic E-state index is 0.0146. The predicted molar refractivity (Wildman–Crippen MR) is 121 cm³/mol. The minimum atomic E-state index is -3.68. The maximum atomic E-state index is 13.1. The molecule has 2 aromatic rings. The number of carbonyl (C=O) groups is 2. The van der Waals surface area contributed by atoms with Gasteiger partial charge in [-0.2, -0.15) is 4.31 Å². The van der Waals surface area contributed by atoms with Gasteiger partial charge in [0.15, 0.2) is 6.61 Å². The molecule has 2 heterocycles. The average Bonchev–Trinajstić information content (AvgIpc) is 3.13. The molecule has 0 radical (unpaired) electrons. The molecule has 2 aliphatic heterocycles. The molecule has 4 rings (SSSR count). The fourth-order valence-electron chi connectivity index (χ4n) is 4.48. The molecular weight excluding hydrogens is 428 g/mol. The molecule has 0 aromatic heterocycles. The van der Waals surface area contributed by atoms with Crippen LogP contribution in [0.1, 0.15) is 47.7 Å². The third-order valence-electron chi connectivity index (χ3n) is 6.16. The first-order valence-corrected chi connectivity index (χ1v) is 12.4. The van der Waals surface area contributed by atoms with E-state index in [2.05, 4.69) is 0 Å². The zero-order valence-electron chi connectivity index (χ0n) is 18.4. The molecule has 8 heteroatoms. The van der Waals surface area contributed by atoms with Gasteiger partial charge in [0.2, 0.25) is 10.0 Å². The Morgan fingerprint density at radius 1 is 1.06 bits per heavy atom. The molecule has 170 valence electrons. The Labute approximate surface area is 189 Å². The summed E-state index contributed by atoms with van der Waals surface area (Å²) < 4.78 is 32.9. The normalized spacial score (nSPS) is 18.9. The molecule has 1 amide bonds. The highest BCUT2D eigenvalue weighted by Crippen LogP contribution is 2.32. The molecule has 2 aliphatic rings. The van der Waals surface area contributed by atoms with Gasteiger partial charge in [-0.25, -0.2) is 13.2 Å². The number of piperidine rings is 1. The molecule has 1 saturated heterocycles. The van der Waals surface area contributed by atoms with Gasteiger partial charge in [0, 0.05) is 24.8 Å². The number of hydrogen-bond donors (Lipinski definition) is 0. The topological polar surface area (TPSA) is 84.0 Å². The van der Waals surface area contributed by atoms with Gasteiger partial charge in [-0.1, -0.05) is 30.7 Å². The van der Waals surface area contributed by atoms with E-state index >= 15 is 0 Å². The lowest BCUT2D eigenvalue weighted by Crippen LogP contribution is -2.38. The van der Waals surface area contributed by atoms with Gasteiger partial charge in [-0.05, 0) is 62.4 Å². The Morgan fingerprint density at radius 2 is 1.78 bits per heavy atom. The van der Waals surface area contributed by atoms with Crippen LogP contribution in [0.4, 0.5) is 5.69 Å². The van der Waals surface area contributed by atoms with Crippen molar-refractivity contribution in [3.8, 4) is 0 Å². The van der Waals surface area contributed by atoms with Crippen LogP contribution >= 0.6 is 0 Å². The van der Waals surface area contributed by atoms with Crippen LogP contribution in [0.3, 0.4) is 0 Å². The molecule has 0 aliphatic carbocycles. The largest absolute Gasteiger partial charge is 0.452 e. The second-order valence-corrected chi connectivity index (χ2v) is 10.4. The molecule has 1 atom stereocenters. The SMILES string of the molecule is Cc1ccc(C(=O)OCC(=O)N2c3ccccc3C[C@H]2C)cc1S(=O)(=O)N1CCCCC1. The van der Waals surface area contributed by atoms with Crippen molar-refractivity contribution in [1.82, 2.24) is 4.31 Å². The monoisotopic (exact) mass is 456 g/mol. The van der Waals surface area contributed by atoms with Crippen LogP contribution < -0.4 is 4.90 Å². The van der Waals surface area contributed by atoms with E-state index in [1.54, 1.807) is 17.9 Å². The van der Waals surface area contributed by atoms with E-state index in [4.69, 9.17) is 4.74 Å². The number of hydrogen-bond acceptors (Lipinski definition) is 5. The molecule has 1 fully saturated rings. The number of carbonyl (C=O) groups excluding carboxylic acids is 2. The predicted octanol–water partition coefficient (Wildman–Crippen LogP) is 3.30. The maximum absolute atomic E-state index is 13.1. The number of para-hydroxylation sites is 1. The molecule has 0 N–H and O–H groups in total. The fraction of sp³-hybridized carbons (Fsp3) is 0.417. The fourth-order valence-corrected chi connectivity index (χ4v) is 6.24. The molecule has 0 saturated carbocycles. The summed E-state index contributed by atoms with van der Waals surface area (Å²) in [6.07, 6.45) is 3.44. The van der Waals surface area contributed by atoms with E-state index < -0.39 is 22.6 Å². The molecule has 32 heavy (non-hydrogen) atoms. The third-order valence-corrected chi connectivity index (χ3v) is 8.20. The lowest BCUT2D eigenvalue weighted by Gasteiger charge is -2.26. The lowest BCUT2D eigenvalue weighted by molar-refractivity contribution is -0.122. The Hall–Kier alpha value is -2.71. The first-order chi connectivity index (χ1) is 15.3. The van der Waals surface area contributed by atoms with Gasteiger partial charge in [-0.3, -0.25) is 4.79 Å². The molecule has 0 unspecified atom stereocenters. The molecular formula is C24H28N2O5S. The van der Waals surface area contributed by atoms with E-state index in [0.29, 0.717) is 18.7 Å². The van der Waals surface area contributed by atoms with Gasteiger partial charge >= 0.3 is 5.97 Å². The number of anilines is 1. The van der Waals surface area contributed by atoms with Crippen LogP contribution in [0.25, 0.3) is 0 Å². The van der Waals surface area contributed by atoms with Crippen molar-refractivity contribution in [3.05, 3.63) is 59.2 Å². The van der Waals surface area contributed by atoms with Gasteiger partial charge in [0.05, 0.1) is 10.5 Å². The van der Waals surface area contributed by atoms with Crippen molar-refractivity contribution in [1.29, 1.82) is 0 Å². The average molecular weight is 457 g/mol. The van der Waals surface area contributed by atoms with Crippen molar-refractivity contribution >= 4 is 27.6 Å². The Kier molecular flexibility index (Phi) is 6.35. The Balaban J connectivity index is 1.47. The summed E-state index contributed by atoms with van der Waals surface area (Å²) in [7, 11) is -3.68. The maximum Gasteiger partial charge on any atom is 0.338 e. The highest BCUT2D eigenvalue weighted by Gasteiger charge is 2.32. The van der Waals surface area contributed by atoms with Gasteiger partial charge in [-0.15, -0.1) is 0 Å². The van der Waals surface area contributed by atoms with Crippen LogP contribution in [-0.2, 0) is 26.0 Å². The first-order valence-electron chi connectivity index (χ1n) is 11.0. The van der Waals surface area contributed by atoms with Crippen molar-refractivity contribution in [2.24, 2.45) is 0 Å². The van der Waals surface area contributed by atoms with Gasteiger partial charge < -0.3 is 9.64 Å². The molecule has 0 bridgehead atoms. The van der Waals surface area contributed by atoms with Crippen LogP contribution in [0.15, 0.2) is 47.4 Å². The highest BCUT2D eigenvalue weighted by molar-refractivity contribution is 7.89. The van der Waals surface area contributed by atoms with Crippen LogP contribution in [0, 0.1) is 6.92 Å². The standard InChI is InChI=1S/C24H28N2O5S/c1-17-10-11-20(15-22(17)32(29,30)25-12-6-3-7-13-25)24(28)31-16-23(27)26-18(2)14-19-8-4-5-9-21(19)26/h4-5,8-11,15,18H,3,6-7,12-14,16H2,1-2H3/t18-/m1/s1. The van der Waals surface area contributed by atoms with E-state index in [9.17, 15) is 18.0 Å². The molecule has 7 nitrogen and oxygen atoms in total. The number of aryl methyl sites for hydroxylation is 1. The molecule has 0 spiro atoms. The quantitative estimate of drug-likeness (QED) is 0.645. The Morgan fingerprint density at radius 3 is 2.53 bits per heavy atom. The zero-order valence-corrected chi connectivity index (χ0v) is 19.2. The summed E-state index contributed by atoms with van der Waals surface area (Å²) in [5.41, 5.74) is 2.62. The summed E-state index contributed by atoms with van der Waals surface area (Å²) in [4.78, 5) is 27.2. The number of esters is 1. The van der Waals surface area contributed by atoms with E-state index in [0.717, 1.165) is 36.9 Å². The van der Waals surface area contributed by atoms with Crippen LogP contribution in [-0.4, -0.2) is 50.3 Å². The second kappa shape index (κ2) is 9.03. The number of benzene rings is 2. The summed E-state index contributed by atoms with van der Waals surface area (Å²) in [5.74, 6) is -1.02. The van der Waals surface area contributed by atoms with Crippen LogP contribution in [0.2, 0.25) is 0 Å². The van der Waals surface area contributed by atoms with Crippen molar-refractivity contribution in [3.63, 3.8) is 0 Å². The zero-order chi connectivity index (χ0) is 22.9. The Bertz CT molecular complexity index is 1140. The summed E-state index contributed by atoms with van der Waals surface area (Å²) >= 11 is 0. The highest BCUT2D eigenvalue weighted by atomic mass is 32.2. The van der Waals surface area contributed by atoms with Crippen molar-refractivity contribution in [2.45, 2.75) is 50.5 Å². The third kappa shape index (κ3) is 4.29. The number of nitrogens with zero attached hydrogens (tertiary/aromatic N) is 2. The van der Waals surface area contributed by atoms with Crippen LogP contribution in [0.5, 0.6) is 0 Å². The summed E-state index contributed by atoms with van der Waals surface area (Å²) in [6.45, 7) is 4.24. The van der Waals surface area contributed by atoms with E-state index in [1.165, 1.54) is 16.4 Å².